The van der Waals surface area contributed by atoms with E-state index >= 15 is 0 Å². The van der Waals surface area contributed by atoms with Gasteiger partial charge in [0, 0.05) is 12.6 Å². The minimum absolute atomic E-state index is 0.0603. The normalized spacial score (nSPS) is 23.1. The van der Waals surface area contributed by atoms with Gasteiger partial charge in [0.2, 0.25) is 0 Å². The summed E-state index contributed by atoms with van der Waals surface area (Å²) >= 11 is 0.799. The summed E-state index contributed by atoms with van der Waals surface area (Å²) in [4.78, 5) is 35.9. The predicted molar refractivity (Wildman–Crippen MR) is 79.0 cm³/mol. The van der Waals surface area contributed by atoms with Crippen molar-refractivity contribution >= 4 is 28.2 Å². The topological polar surface area (TPSA) is 101 Å². The molecule has 3 rings (SSSR count). The fraction of sp³-hybridized carbons (Fsp3) is 0.571. The number of carboxylic acid groups (broad SMARTS) is 1. The van der Waals surface area contributed by atoms with Gasteiger partial charge in [-0.15, -0.1) is 0 Å². The number of hydrogen-bond donors (Lipinski definition) is 1. The Morgan fingerprint density at radius 2 is 2.09 bits per heavy atom. The maximum absolute atomic E-state index is 12.6. The van der Waals surface area contributed by atoms with Gasteiger partial charge in [-0.3, -0.25) is 14.9 Å². The van der Waals surface area contributed by atoms with Gasteiger partial charge in [0.05, 0.1) is 9.80 Å². The summed E-state index contributed by atoms with van der Waals surface area (Å²) in [6.45, 7) is 0.439. The van der Waals surface area contributed by atoms with E-state index in [1.54, 1.807) is 0 Å². The molecule has 1 saturated heterocycles. The van der Waals surface area contributed by atoms with Crippen molar-refractivity contribution in [2.24, 2.45) is 5.41 Å². The summed E-state index contributed by atoms with van der Waals surface area (Å²) in [7, 11) is 0. The molecule has 1 unspecified atom stereocenters. The third-order valence-corrected chi connectivity index (χ3v) is 5.80. The second-order valence-corrected chi connectivity index (χ2v) is 7.14. The molecule has 8 heteroatoms. The number of likely N-dealkylation sites (tertiary alicyclic amines) is 1. The van der Waals surface area contributed by atoms with Crippen LogP contribution >= 0.6 is 11.3 Å². The first-order valence-electron chi connectivity index (χ1n) is 7.20. The second-order valence-electron chi connectivity index (χ2n) is 6.07. The molecule has 1 aliphatic carbocycles. The van der Waals surface area contributed by atoms with Crippen LogP contribution in [0.2, 0.25) is 0 Å². The van der Waals surface area contributed by atoms with Crippen molar-refractivity contribution < 1.29 is 19.6 Å². The number of carbonyl (C=O) groups is 2. The molecule has 1 saturated carbocycles. The second kappa shape index (κ2) is 5.35. The number of rotatable bonds is 3. The summed E-state index contributed by atoms with van der Waals surface area (Å²) in [5, 5.41) is 20.0. The molecular formula is C14H16N2O5S. The fourth-order valence-corrected chi connectivity index (χ4v) is 4.16. The molecule has 1 aromatic heterocycles. The number of nitrogens with zero attached hydrogens (tertiary/aromatic N) is 2. The van der Waals surface area contributed by atoms with Crippen LogP contribution in [0.5, 0.6) is 0 Å². The average Bonchev–Trinajstić information content (AvgIpc) is 2.94. The monoisotopic (exact) mass is 324 g/mol. The van der Waals surface area contributed by atoms with Crippen LogP contribution in [-0.4, -0.2) is 39.4 Å². The Labute approximate surface area is 130 Å². The fourth-order valence-electron chi connectivity index (χ4n) is 3.39. The first-order chi connectivity index (χ1) is 10.4. The van der Waals surface area contributed by atoms with Gasteiger partial charge < -0.3 is 10.0 Å². The van der Waals surface area contributed by atoms with Gasteiger partial charge in [-0.05, 0) is 37.2 Å². The first kappa shape index (κ1) is 15.0. The van der Waals surface area contributed by atoms with Crippen LogP contribution in [0.1, 0.15) is 41.8 Å². The molecule has 1 N–H and O–H groups in total. The zero-order valence-corrected chi connectivity index (χ0v) is 12.7. The molecule has 1 aromatic rings. The number of amides is 1. The number of carbonyl (C=O) groups excluding carboxylic acids is 1. The lowest BCUT2D eigenvalue weighted by Crippen LogP contribution is -2.56. The Balaban J connectivity index is 1.85. The van der Waals surface area contributed by atoms with Crippen LogP contribution in [0, 0.1) is 15.5 Å². The van der Waals surface area contributed by atoms with Crippen molar-refractivity contribution in [1.82, 2.24) is 4.90 Å². The molecule has 1 spiro atoms. The quantitative estimate of drug-likeness (QED) is 0.680. The van der Waals surface area contributed by atoms with E-state index in [9.17, 15) is 24.8 Å². The summed E-state index contributed by atoms with van der Waals surface area (Å²) in [6.07, 6.45) is 4.44. The number of nitro groups is 1. The number of aliphatic carboxylic acids is 1. The number of hydrogen-bond acceptors (Lipinski definition) is 5. The van der Waals surface area contributed by atoms with Crippen LogP contribution in [0.15, 0.2) is 12.1 Å². The van der Waals surface area contributed by atoms with Crippen molar-refractivity contribution in [2.75, 3.05) is 6.54 Å². The highest BCUT2D eigenvalue weighted by atomic mass is 32.1. The van der Waals surface area contributed by atoms with Crippen molar-refractivity contribution in [3.8, 4) is 0 Å². The molecular weight excluding hydrogens is 308 g/mol. The maximum Gasteiger partial charge on any atom is 0.326 e. The first-order valence-corrected chi connectivity index (χ1v) is 8.02. The van der Waals surface area contributed by atoms with E-state index in [1.807, 2.05) is 0 Å². The van der Waals surface area contributed by atoms with Gasteiger partial charge in [-0.25, -0.2) is 4.79 Å². The van der Waals surface area contributed by atoms with Crippen molar-refractivity contribution in [3.05, 3.63) is 27.1 Å². The van der Waals surface area contributed by atoms with E-state index in [-0.39, 0.29) is 15.3 Å². The van der Waals surface area contributed by atoms with Crippen molar-refractivity contribution in [1.29, 1.82) is 0 Å². The van der Waals surface area contributed by atoms with E-state index in [0.717, 1.165) is 37.0 Å². The van der Waals surface area contributed by atoms with Gasteiger partial charge in [-0.2, -0.15) is 0 Å². The molecule has 0 radical (unpaired) electrons. The maximum atomic E-state index is 12.6. The lowest BCUT2D eigenvalue weighted by atomic mass is 9.63. The summed E-state index contributed by atoms with van der Waals surface area (Å²) in [6, 6.07) is 1.86. The molecule has 1 amide bonds. The van der Waals surface area contributed by atoms with Crippen LogP contribution in [0.3, 0.4) is 0 Å². The molecule has 2 fully saturated rings. The van der Waals surface area contributed by atoms with E-state index in [1.165, 1.54) is 17.0 Å². The highest BCUT2D eigenvalue weighted by Crippen LogP contribution is 2.49. The Morgan fingerprint density at radius 1 is 1.36 bits per heavy atom. The van der Waals surface area contributed by atoms with Gasteiger partial charge in [-0.1, -0.05) is 17.8 Å². The Kier molecular flexibility index (Phi) is 3.64. The lowest BCUT2D eigenvalue weighted by Gasteiger charge is -2.50. The minimum Gasteiger partial charge on any atom is -0.480 e. The zero-order chi connectivity index (χ0) is 15.9. The van der Waals surface area contributed by atoms with Crippen LogP contribution in [-0.2, 0) is 4.79 Å². The minimum atomic E-state index is -1.01. The predicted octanol–water partition coefficient (Wildman–Crippen LogP) is 2.52. The molecule has 1 aliphatic heterocycles. The van der Waals surface area contributed by atoms with Crippen molar-refractivity contribution in [2.45, 2.75) is 38.1 Å². The van der Waals surface area contributed by atoms with Gasteiger partial charge in [0.25, 0.3) is 5.91 Å². The van der Waals surface area contributed by atoms with Crippen molar-refractivity contribution in [3.63, 3.8) is 0 Å². The van der Waals surface area contributed by atoms with Gasteiger partial charge in [0.15, 0.2) is 0 Å². The van der Waals surface area contributed by atoms with Crippen LogP contribution in [0.25, 0.3) is 0 Å². The smallest absolute Gasteiger partial charge is 0.326 e. The molecule has 2 heterocycles. The third-order valence-electron chi connectivity index (χ3n) is 4.77. The molecule has 7 nitrogen and oxygen atoms in total. The molecule has 22 heavy (non-hydrogen) atoms. The summed E-state index contributed by atoms with van der Waals surface area (Å²) in [5.74, 6) is -1.41. The largest absolute Gasteiger partial charge is 0.480 e. The Morgan fingerprint density at radius 3 is 2.59 bits per heavy atom. The van der Waals surface area contributed by atoms with Gasteiger partial charge in [0.1, 0.15) is 6.04 Å². The van der Waals surface area contributed by atoms with Crippen LogP contribution in [0.4, 0.5) is 5.00 Å². The van der Waals surface area contributed by atoms with E-state index in [2.05, 4.69) is 0 Å². The number of carboxylic acids is 1. The molecule has 0 aromatic carbocycles. The highest BCUT2D eigenvalue weighted by molar-refractivity contribution is 7.17. The lowest BCUT2D eigenvalue weighted by molar-refractivity contribution is -0.380. The molecule has 118 valence electrons. The highest BCUT2D eigenvalue weighted by Gasteiger charge is 2.47. The third kappa shape index (κ3) is 2.47. The van der Waals surface area contributed by atoms with Gasteiger partial charge >= 0.3 is 11.0 Å². The Bertz CT molecular complexity index is 637. The summed E-state index contributed by atoms with van der Waals surface area (Å²) in [5.41, 5.74) is 0.0603. The average molecular weight is 324 g/mol. The standard InChI is InChI=1S/C14H16N2O5S/c17-12(10-2-3-11(22-10)16(20)21)15-8-14(5-1-6-14)7-4-9(15)13(18)19/h2-3,9H,1,4-8H2,(H,18,19). The zero-order valence-electron chi connectivity index (χ0n) is 11.9. The van der Waals surface area contributed by atoms with E-state index in [4.69, 9.17) is 0 Å². The van der Waals surface area contributed by atoms with E-state index in [0.29, 0.717) is 13.0 Å². The van der Waals surface area contributed by atoms with E-state index < -0.39 is 22.8 Å². The number of piperidine rings is 1. The molecule has 2 aliphatic rings. The number of thiophene rings is 1. The SMILES string of the molecule is O=C(O)C1CCC2(CCC2)CN1C(=O)c1ccc([N+](=O)[O-])s1. The Hall–Kier alpha value is -1.96. The van der Waals surface area contributed by atoms with Crippen LogP contribution < -0.4 is 0 Å². The summed E-state index contributed by atoms with van der Waals surface area (Å²) < 4.78 is 0. The molecule has 1 atom stereocenters. The molecule has 0 bridgehead atoms.